The lowest BCUT2D eigenvalue weighted by Gasteiger charge is -2.28. The van der Waals surface area contributed by atoms with Gasteiger partial charge in [-0.3, -0.25) is 14.6 Å². The molecule has 0 radical (unpaired) electrons. The molecule has 1 saturated heterocycles. The summed E-state index contributed by atoms with van der Waals surface area (Å²) < 4.78 is 38.3. The van der Waals surface area contributed by atoms with Crippen LogP contribution in [0.1, 0.15) is 12.0 Å². The molecule has 3 rings (SSSR count). The molecular weight excluding hydrogens is 403 g/mol. The second kappa shape index (κ2) is 7.40. The van der Waals surface area contributed by atoms with Gasteiger partial charge in [-0.15, -0.1) is 11.8 Å². The molecule has 0 N–H and O–H groups in total. The molecule has 10 heteroatoms. The van der Waals surface area contributed by atoms with E-state index in [4.69, 9.17) is 11.6 Å². The summed E-state index contributed by atoms with van der Waals surface area (Å²) >= 11 is 7.16. The molecule has 27 heavy (non-hydrogen) atoms. The van der Waals surface area contributed by atoms with Gasteiger partial charge in [0.2, 0.25) is 5.91 Å². The maximum atomic E-state index is 12.8. The summed E-state index contributed by atoms with van der Waals surface area (Å²) in [6.07, 6.45) is -4.01. The van der Waals surface area contributed by atoms with Gasteiger partial charge in [0.05, 0.1) is 22.3 Å². The van der Waals surface area contributed by atoms with E-state index in [-0.39, 0.29) is 17.3 Å². The van der Waals surface area contributed by atoms with Crippen molar-refractivity contribution in [1.29, 1.82) is 0 Å². The highest BCUT2D eigenvalue weighted by atomic mass is 35.5. The number of carbonyl (C=O) groups is 2. The van der Waals surface area contributed by atoms with Crippen LogP contribution in [0.25, 0.3) is 0 Å². The Morgan fingerprint density at radius 3 is 2.52 bits per heavy atom. The maximum absolute atomic E-state index is 12.8. The number of hydrogen-bond donors (Lipinski definition) is 0. The first-order valence-corrected chi connectivity index (χ1v) is 8.99. The fraction of sp³-hybridized carbons (Fsp3) is 0.235. The fourth-order valence-electron chi connectivity index (χ4n) is 2.58. The average Bonchev–Trinajstić information content (AvgIpc) is 2.88. The minimum absolute atomic E-state index is 0.0268. The van der Waals surface area contributed by atoms with E-state index in [1.54, 1.807) is 0 Å². The number of thioether (sulfide) groups is 1. The van der Waals surface area contributed by atoms with Gasteiger partial charge in [0.1, 0.15) is 0 Å². The first kappa shape index (κ1) is 19.5. The molecule has 5 nitrogen and oxygen atoms in total. The predicted molar refractivity (Wildman–Crippen MR) is 95.2 cm³/mol. The number of amides is 2. The topological polar surface area (TPSA) is 53.5 Å². The van der Waals surface area contributed by atoms with Crippen LogP contribution < -0.4 is 5.01 Å². The quantitative estimate of drug-likeness (QED) is 0.706. The van der Waals surface area contributed by atoms with E-state index in [2.05, 4.69) is 4.98 Å². The van der Waals surface area contributed by atoms with Crippen LogP contribution in [0.15, 0.2) is 47.5 Å². The molecule has 2 aromatic rings. The van der Waals surface area contributed by atoms with Gasteiger partial charge in [0.25, 0.3) is 5.91 Å². The first-order valence-electron chi connectivity index (χ1n) is 7.73. The van der Waals surface area contributed by atoms with Crippen LogP contribution >= 0.6 is 23.4 Å². The SMILES string of the molecule is CN(c1ncc(C(F)(F)F)cc1Cl)N1C(=O)CC(Sc2ccccc2)C1=O. The molecule has 1 aromatic heterocycles. The van der Waals surface area contributed by atoms with Crippen LogP contribution in [0.4, 0.5) is 19.0 Å². The number of carbonyl (C=O) groups excluding carboxylic acids is 2. The summed E-state index contributed by atoms with van der Waals surface area (Å²) in [5.41, 5.74) is -1.01. The van der Waals surface area contributed by atoms with Crippen molar-refractivity contribution in [3.63, 3.8) is 0 Å². The zero-order valence-corrected chi connectivity index (χ0v) is 15.5. The van der Waals surface area contributed by atoms with Gasteiger partial charge >= 0.3 is 6.18 Å². The van der Waals surface area contributed by atoms with Crippen molar-refractivity contribution in [1.82, 2.24) is 9.99 Å². The van der Waals surface area contributed by atoms with Crippen molar-refractivity contribution in [3.8, 4) is 0 Å². The highest BCUT2D eigenvalue weighted by Crippen LogP contribution is 2.36. The highest BCUT2D eigenvalue weighted by molar-refractivity contribution is 8.00. The summed E-state index contributed by atoms with van der Waals surface area (Å²) in [4.78, 5) is 29.5. The van der Waals surface area contributed by atoms with Crippen molar-refractivity contribution in [2.45, 2.75) is 22.7 Å². The average molecular weight is 416 g/mol. The lowest BCUT2D eigenvalue weighted by molar-refractivity contribution is -0.139. The number of anilines is 1. The zero-order valence-electron chi connectivity index (χ0n) is 13.9. The van der Waals surface area contributed by atoms with E-state index in [1.807, 2.05) is 30.3 Å². The van der Waals surface area contributed by atoms with E-state index >= 15 is 0 Å². The van der Waals surface area contributed by atoms with Crippen LogP contribution in [-0.2, 0) is 15.8 Å². The Hall–Kier alpha value is -2.26. The number of alkyl halides is 3. The molecule has 1 aromatic carbocycles. The van der Waals surface area contributed by atoms with Crippen LogP contribution in [0.2, 0.25) is 5.02 Å². The largest absolute Gasteiger partial charge is 0.417 e. The number of imide groups is 1. The van der Waals surface area contributed by atoms with E-state index in [1.165, 1.54) is 18.8 Å². The van der Waals surface area contributed by atoms with Crippen LogP contribution in [-0.4, -0.2) is 34.1 Å². The lowest BCUT2D eigenvalue weighted by atomic mass is 10.3. The Bertz CT molecular complexity index is 879. The monoisotopic (exact) mass is 415 g/mol. The molecule has 1 aliphatic heterocycles. The molecule has 0 aliphatic carbocycles. The van der Waals surface area contributed by atoms with Crippen LogP contribution in [0.5, 0.6) is 0 Å². The Labute approximate surface area is 162 Å². The van der Waals surface area contributed by atoms with E-state index in [0.29, 0.717) is 12.3 Å². The summed E-state index contributed by atoms with van der Waals surface area (Å²) in [5.74, 6) is -1.07. The Kier molecular flexibility index (Phi) is 5.34. The normalized spacial score (nSPS) is 17.5. The Morgan fingerprint density at radius 1 is 1.26 bits per heavy atom. The molecule has 0 bridgehead atoms. The van der Waals surface area contributed by atoms with Crippen molar-refractivity contribution >= 4 is 41.0 Å². The minimum Gasteiger partial charge on any atom is -0.272 e. The van der Waals surface area contributed by atoms with Gasteiger partial charge in [-0.25, -0.2) is 4.98 Å². The Morgan fingerprint density at radius 2 is 1.93 bits per heavy atom. The third-order valence-corrected chi connectivity index (χ3v) is 5.33. The second-order valence-corrected chi connectivity index (χ2v) is 7.40. The lowest BCUT2D eigenvalue weighted by Crippen LogP contribution is -2.45. The number of hydrogen-bond acceptors (Lipinski definition) is 5. The number of benzene rings is 1. The summed E-state index contributed by atoms with van der Waals surface area (Å²) in [6.45, 7) is 0. The smallest absolute Gasteiger partial charge is 0.272 e. The van der Waals surface area contributed by atoms with Crippen LogP contribution in [0.3, 0.4) is 0 Å². The molecule has 1 atom stereocenters. The van der Waals surface area contributed by atoms with Gasteiger partial charge in [-0.2, -0.15) is 18.2 Å². The van der Waals surface area contributed by atoms with E-state index in [9.17, 15) is 22.8 Å². The molecule has 1 unspecified atom stereocenters. The van der Waals surface area contributed by atoms with Crippen molar-refractivity contribution in [2.24, 2.45) is 0 Å². The molecule has 2 amide bonds. The van der Waals surface area contributed by atoms with Gasteiger partial charge < -0.3 is 0 Å². The van der Waals surface area contributed by atoms with E-state index < -0.39 is 28.8 Å². The highest BCUT2D eigenvalue weighted by Gasteiger charge is 2.42. The van der Waals surface area contributed by atoms with Crippen molar-refractivity contribution < 1.29 is 22.8 Å². The molecular formula is C17H13ClF3N3O2S. The third kappa shape index (κ3) is 4.03. The molecule has 2 heterocycles. The van der Waals surface area contributed by atoms with Crippen molar-refractivity contribution in [2.75, 3.05) is 12.1 Å². The fourth-order valence-corrected chi connectivity index (χ4v) is 3.94. The molecule has 1 fully saturated rings. The van der Waals surface area contributed by atoms with Gasteiger partial charge in [0.15, 0.2) is 5.82 Å². The minimum atomic E-state index is -4.59. The molecule has 0 spiro atoms. The molecule has 0 saturated carbocycles. The number of hydrazine groups is 1. The second-order valence-electron chi connectivity index (χ2n) is 5.72. The number of aromatic nitrogens is 1. The number of rotatable bonds is 4. The molecule has 142 valence electrons. The van der Waals surface area contributed by atoms with Crippen LogP contribution in [0, 0.1) is 0 Å². The van der Waals surface area contributed by atoms with Gasteiger partial charge in [-0.05, 0) is 18.2 Å². The summed E-state index contributed by atoms with van der Waals surface area (Å²) in [5, 5.41) is 1.00. The first-order chi connectivity index (χ1) is 12.7. The van der Waals surface area contributed by atoms with Gasteiger partial charge in [0, 0.05) is 18.1 Å². The molecule has 1 aliphatic rings. The van der Waals surface area contributed by atoms with Crippen molar-refractivity contribution in [3.05, 3.63) is 53.2 Å². The maximum Gasteiger partial charge on any atom is 0.417 e. The number of nitrogens with zero attached hydrogens (tertiary/aromatic N) is 3. The number of pyridine rings is 1. The Balaban J connectivity index is 1.81. The van der Waals surface area contributed by atoms with E-state index in [0.717, 1.165) is 14.9 Å². The standard InChI is InChI=1S/C17H13ClF3N3O2S/c1-23(15-12(18)7-10(9-22-15)17(19,20)21)24-14(25)8-13(16(24)26)27-11-5-3-2-4-6-11/h2-7,9,13H,8H2,1H3. The third-order valence-electron chi connectivity index (χ3n) is 3.86. The predicted octanol–water partition coefficient (Wildman–Crippen LogP) is 4.02. The van der Waals surface area contributed by atoms with Gasteiger partial charge in [-0.1, -0.05) is 29.8 Å². The zero-order chi connectivity index (χ0) is 19.8. The number of halogens is 4. The summed E-state index contributed by atoms with van der Waals surface area (Å²) in [7, 11) is 1.35. The summed E-state index contributed by atoms with van der Waals surface area (Å²) in [6, 6.07) is 9.83.